The molecule has 6 heteroatoms. The predicted molar refractivity (Wildman–Crippen MR) is 85.6 cm³/mol. The van der Waals surface area contributed by atoms with Gasteiger partial charge in [0.25, 0.3) is 0 Å². The fourth-order valence-electron chi connectivity index (χ4n) is 2.78. The van der Waals surface area contributed by atoms with Crippen molar-refractivity contribution in [2.24, 2.45) is 0 Å². The maximum atomic E-state index is 5.66. The molecule has 1 aromatic carbocycles. The van der Waals surface area contributed by atoms with Gasteiger partial charge < -0.3 is 19.0 Å². The molecule has 6 nitrogen and oxygen atoms in total. The Morgan fingerprint density at radius 2 is 2.00 bits per heavy atom. The first kappa shape index (κ1) is 13.9. The van der Waals surface area contributed by atoms with E-state index in [4.69, 9.17) is 9.47 Å². The average molecular weight is 310 g/mol. The van der Waals surface area contributed by atoms with E-state index in [1.165, 1.54) is 0 Å². The highest BCUT2D eigenvalue weighted by atomic mass is 16.6. The van der Waals surface area contributed by atoms with E-state index in [1.807, 2.05) is 36.8 Å². The minimum absolute atomic E-state index is 0.591. The Balaban J connectivity index is 1.50. The SMILES string of the molecule is c1c[nH]c(CCCn2ccnc2-c2ccc3c(c2)OCCO3)n1. The Morgan fingerprint density at radius 3 is 2.87 bits per heavy atom. The van der Waals surface area contributed by atoms with Crippen LogP contribution in [-0.4, -0.2) is 32.7 Å². The summed E-state index contributed by atoms with van der Waals surface area (Å²) in [6.45, 7) is 2.09. The summed E-state index contributed by atoms with van der Waals surface area (Å²) in [5.74, 6) is 3.56. The van der Waals surface area contributed by atoms with Crippen LogP contribution in [0.5, 0.6) is 11.5 Å². The number of imidazole rings is 2. The van der Waals surface area contributed by atoms with Gasteiger partial charge in [-0.3, -0.25) is 0 Å². The first-order valence-electron chi connectivity index (χ1n) is 7.79. The van der Waals surface area contributed by atoms with Gasteiger partial charge in [-0.25, -0.2) is 9.97 Å². The Labute approximate surface area is 134 Å². The van der Waals surface area contributed by atoms with Crippen LogP contribution < -0.4 is 9.47 Å². The molecule has 1 aliphatic rings. The summed E-state index contributed by atoms with van der Waals surface area (Å²) in [6, 6.07) is 5.98. The van der Waals surface area contributed by atoms with Crippen LogP contribution in [0.2, 0.25) is 0 Å². The number of nitrogens with zero attached hydrogens (tertiary/aromatic N) is 3. The van der Waals surface area contributed by atoms with Crippen molar-refractivity contribution in [1.82, 2.24) is 19.5 Å². The highest BCUT2D eigenvalue weighted by molar-refractivity contribution is 5.61. The van der Waals surface area contributed by atoms with E-state index in [0.717, 1.165) is 48.1 Å². The van der Waals surface area contributed by atoms with Crippen LogP contribution in [0.1, 0.15) is 12.2 Å². The zero-order chi connectivity index (χ0) is 15.5. The predicted octanol–water partition coefficient (Wildman–Crippen LogP) is 2.68. The molecule has 3 aromatic rings. The molecule has 0 unspecified atom stereocenters. The summed E-state index contributed by atoms with van der Waals surface area (Å²) in [6.07, 6.45) is 9.40. The van der Waals surface area contributed by atoms with Crippen molar-refractivity contribution in [3.63, 3.8) is 0 Å². The number of hydrogen-bond donors (Lipinski definition) is 1. The molecule has 3 heterocycles. The summed E-state index contributed by atoms with van der Waals surface area (Å²) in [5.41, 5.74) is 1.04. The van der Waals surface area contributed by atoms with Gasteiger partial charge in [0.15, 0.2) is 11.5 Å². The van der Waals surface area contributed by atoms with E-state index in [9.17, 15) is 0 Å². The van der Waals surface area contributed by atoms with Crippen molar-refractivity contribution in [2.45, 2.75) is 19.4 Å². The summed E-state index contributed by atoms with van der Waals surface area (Å²) < 4.78 is 13.4. The number of aryl methyl sites for hydroxylation is 2. The molecule has 0 amide bonds. The van der Waals surface area contributed by atoms with E-state index in [1.54, 1.807) is 6.20 Å². The second kappa shape index (κ2) is 6.16. The molecular formula is C17H18N4O2. The zero-order valence-corrected chi connectivity index (χ0v) is 12.7. The molecule has 118 valence electrons. The molecule has 0 saturated heterocycles. The van der Waals surface area contributed by atoms with E-state index in [-0.39, 0.29) is 0 Å². The topological polar surface area (TPSA) is 65.0 Å². The van der Waals surface area contributed by atoms with Gasteiger partial charge >= 0.3 is 0 Å². The van der Waals surface area contributed by atoms with E-state index >= 15 is 0 Å². The number of benzene rings is 1. The van der Waals surface area contributed by atoms with Crippen LogP contribution in [0.3, 0.4) is 0 Å². The summed E-state index contributed by atoms with van der Waals surface area (Å²) in [7, 11) is 0. The summed E-state index contributed by atoms with van der Waals surface area (Å²) in [5, 5.41) is 0. The molecule has 0 radical (unpaired) electrons. The third-order valence-electron chi connectivity index (χ3n) is 3.88. The van der Waals surface area contributed by atoms with Crippen molar-refractivity contribution in [1.29, 1.82) is 0 Å². The minimum Gasteiger partial charge on any atom is -0.486 e. The summed E-state index contributed by atoms with van der Waals surface area (Å²) >= 11 is 0. The first-order valence-corrected chi connectivity index (χ1v) is 7.79. The lowest BCUT2D eigenvalue weighted by Gasteiger charge is -2.19. The maximum Gasteiger partial charge on any atom is 0.162 e. The van der Waals surface area contributed by atoms with Gasteiger partial charge in [0.2, 0.25) is 0 Å². The zero-order valence-electron chi connectivity index (χ0n) is 12.7. The number of fused-ring (bicyclic) bond motifs is 1. The Bertz CT molecular complexity index is 780. The fourth-order valence-corrected chi connectivity index (χ4v) is 2.78. The molecule has 2 aromatic heterocycles. The van der Waals surface area contributed by atoms with Crippen molar-refractivity contribution in [3.8, 4) is 22.9 Å². The molecule has 23 heavy (non-hydrogen) atoms. The minimum atomic E-state index is 0.591. The Hall–Kier alpha value is -2.76. The van der Waals surface area contributed by atoms with Crippen molar-refractivity contribution < 1.29 is 9.47 Å². The van der Waals surface area contributed by atoms with Gasteiger partial charge in [0.05, 0.1) is 0 Å². The number of hydrogen-bond acceptors (Lipinski definition) is 4. The van der Waals surface area contributed by atoms with Gasteiger partial charge in [-0.15, -0.1) is 0 Å². The van der Waals surface area contributed by atoms with Crippen LogP contribution in [0.15, 0.2) is 43.0 Å². The van der Waals surface area contributed by atoms with Gasteiger partial charge in [-0.1, -0.05) is 0 Å². The van der Waals surface area contributed by atoms with Gasteiger partial charge in [-0.05, 0) is 24.6 Å². The number of rotatable bonds is 5. The van der Waals surface area contributed by atoms with Crippen LogP contribution in [0.4, 0.5) is 0 Å². The molecule has 0 atom stereocenters. The highest BCUT2D eigenvalue weighted by Crippen LogP contribution is 2.34. The van der Waals surface area contributed by atoms with E-state index in [0.29, 0.717) is 13.2 Å². The second-order valence-corrected chi connectivity index (χ2v) is 5.44. The third kappa shape index (κ3) is 2.92. The normalized spacial score (nSPS) is 13.2. The number of aromatic nitrogens is 4. The monoisotopic (exact) mass is 310 g/mol. The first-order chi connectivity index (χ1) is 11.4. The molecule has 1 N–H and O–H groups in total. The molecule has 1 aliphatic heterocycles. The van der Waals surface area contributed by atoms with E-state index < -0.39 is 0 Å². The Morgan fingerprint density at radius 1 is 1.09 bits per heavy atom. The van der Waals surface area contributed by atoms with Crippen molar-refractivity contribution in [3.05, 3.63) is 48.8 Å². The van der Waals surface area contributed by atoms with Crippen LogP contribution in [-0.2, 0) is 13.0 Å². The molecule has 0 aliphatic carbocycles. The average Bonchev–Trinajstić information content (AvgIpc) is 3.26. The standard InChI is InChI=1S/C17H18N4O2/c1(2-16-18-5-6-19-16)8-21-9-7-20-17(21)13-3-4-14-15(12-13)23-11-10-22-14/h3-7,9,12H,1-2,8,10-11H2,(H,18,19). The van der Waals surface area contributed by atoms with Crippen LogP contribution in [0.25, 0.3) is 11.4 Å². The fraction of sp³-hybridized carbons (Fsp3) is 0.294. The number of nitrogens with one attached hydrogen (secondary N) is 1. The lowest BCUT2D eigenvalue weighted by molar-refractivity contribution is 0.171. The van der Waals surface area contributed by atoms with Crippen LogP contribution >= 0.6 is 0 Å². The van der Waals surface area contributed by atoms with Gasteiger partial charge in [0, 0.05) is 43.3 Å². The number of aromatic amines is 1. The van der Waals surface area contributed by atoms with Gasteiger partial charge in [-0.2, -0.15) is 0 Å². The molecule has 0 bridgehead atoms. The smallest absolute Gasteiger partial charge is 0.162 e. The van der Waals surface area contributed by atoms with Crippen LogP contribution in [0, 0.1) is 0 Å². The highest BCUT2D eigenvalue weighted by Gasteiger charge is 2.14. The van der Waals surface area contributed by atoms with E-state index in [2.05, 4.69) is 19.5 Å². The third-order valence-corrected chi connectivity index (χ3v) is 3.88. The second-order valence-electron chi connectivity index (χ2n) is 5.44. The lowest BCUT2D eigenvalue weighted by Crippen LogP contribution is -2.15. The number of ether oxygens (including phenoxy) is 2. The quantitative estimate of drug-likeness (QED) is 0.787. The lowest BCUT2D eigenvalue weighted by atomic mass is 10.1. The molecule has 0 spiro atoms. The molecule has 0 fully saturated rings. The number of H-pyrrole nitrogens is 1. The maximum absolute atomic E-state index is 5.66. The molecular weight excluding hydrogens is 292 g/mol. The Kier molecular flexibility index (Phi) is 3.71. The molecule has 0 saturated carbocycles. The molecule has 4 rings (SSSR count). The van der Waals surface area contributed by atoms with Crippen molar-refractivity contribution >= 4 is 0 Å². The van der Waals surface area contributed by atoms with Gasteiger partial charge in [0.1, 0.15) is 24.9 Å². The summed E-state index contributed by atoms with van der Waals surface area (Å²) in [4.78, 5) is 11.9. The largest absolute Gasteiger partial charge is 0.486 e. The van der Waals surface area contributed by atoms with Crippen molar-refractivity contribution in [2.75, 3.05) is 13.2 Å².